The molecule has 0 aliphatic heterocycles. The van der Waals surface area contributed by atoms with Gasteiger partial charge in [0.05, 0.1) is 36.4 Å². The molecule has 0 bridgehead atoms. The lowest BCUT2D eigenvalue weighted by Crippen LogP contribution is -2.27. The van der Waals surface area contributed by atoms with Crippen molar-refractivity contribution in [1.29, 1.82) is 0 Å². The monoisotopic (exact) mass is 487 g/mol. The van der Waals surface area contributed by atoms with Gasteiger partial charge in [-0.15, -0.1) is 0 Å². The minimum absolute atomic E-state index is 0.391. The minimum Gasteiger partial charge on any atom is -0.488 e. The fraction of sp³-hybridized carbons (Fsp3) is 0.286. The minimum atomic E-state index is -0.391. The third kappa shape index (κ3) is 3.93. The molecular weight excluding hydrogens is 458 g/mol. The van der Waals surface area contributed by atoms with Crippen LogP contribution < -0.4 is 4.74 Å². The Bertz CT molecular complexity index is 1500. The van der Waals surface area contributed by atoms with E-state index in [-0.39, 0.29) is 0 Å². The van der Waals surface area contributed by atoms with Gasteiger partial charge in [0.25, 0.3) is 0 Å². The number of likely N-dealkylation sites (N-methyl/N-ethyl adjacent to an activating group) is 1. The van der Waals surface area contributed by atoms with E-state index < -0.39 is 11.9 Å². The summed E-state index contributed by atoms with van der Waals surface area (Å²) in [6.45, 7) is 7.48. The summed E-state index contributed by atoms with van der Waals surface area (Å²) >= 11 is 0. The molecule has 0 atom stereocenters. The molecule has 0 spiro atoms. The zero-order valence-corrected chi connectivity index (χ0v) is 20.9. The Kier molecular flexibility index (Phi) is 6.28. The van der Waals surface area contributed by atoms with E-state index in [0.717, 1.165) is 63.2 Å². The predicted octanol–water partition coefficient (Wildman–Crippen LogP) is 5.25. The number of carbonyl (C=O) groups is 2. The highest BCUT2D eigenvalue weighted by Crippen LogP contribution is 2.41. The van der Waals surface area contributed by atoms with Crippen LogP contribution >= 0.6 is 0 Å². The molecule has 0 unspecified atom stereocenters. The quantitative estimate of drug-likeness (QED) is 0.290. The molecule has 0 aliphatic carbocycles. The number of aromatic nitrogens is 2. The predicted molar refractivity (Wildman–Crippen MR) is 141 cm³/mol. The van der Waals surface area contributed by atoms with Crippen molar-refractivity contribution >= 4 is 55.6 Å². The average molecular weight is 488 g/mol. The number of carbonyl (C=O) groups excluding carboxylic acids is 2. The first kappa shape index (κ1) is 23.7. The molecule has 5 aromatic rings. The summed E-state index contributed by atoms with van der Waals surface area (Å²) in [6.07, 6.45) is 0. The van der Waals surface area contributed by atoms with Crippen molar-refractivity contribution in [2.45, 2.75) is 13.8 Å². The van der Waals surface area contributed by atoms with Gasteiger partial charge in [0.15, 0.2) is 5.75 Å². The number of hydrogen-bond acceptors (Lipinski definition) is 6. The maximum absolute atomic E-state index is 12.2. The molecule has 8 heteroatoms. The first-order chi connectivity index (χ1) is 17.5. The number of methoxy groups -OCH3 is 2. The molecule has 2 heterocycles. The molecule has 2 N–H and O–H groups in total. The fourth-order valence-electron chi connectivity index (χ4n) is 4.80. The van der Waals surface area contributed by atoms with Crippen molar-refractivity contribution in [1.82, 2.24) is 14.9 Å². The van der Waals surface area contributed by atoms with Crippen LogP contribution in [0.4, 0.5) is 0 Å². The standard InChI is InChI=1S/C28H29N3O5/c1-5-31(6-2)11-12-36-26-24-20(18-13-16(27(32)34-3)7-9-22(18)29-24)15-21-19-14-17(28(33)35-4)8-10-23(19)30-25(21)26/h7-10,13-15,29-30H,5-6,11-12H2,1-4H3. The highest BCUT2D eigenvalue weighted by molar-refractivity contribution is 6.21. The molecule has 0 radical (unpaired) electrons. The number of nitrogens with zero attached hydrogens (tertiary/aromatic N) is 1. The number of hydrogen-bond donors (Lipinski definition) is 2. The molecule has 0 fully saturated rings. The van der Waals surface area contributed by atoms with Gasteiger partial charge >= 0.3 is 11.9 Å². The lowest BCUT2D eigenvalue weighted by molar-refractivity contribution is 0.0592. The van der Waals surface area contributed by atoms with Gasteiger partial charge < -0.3 is 29.1 Å². The zero-order valence-electron chi connectivity index (χ0n) is 20.9. The molecule has 5 rings (SSSR count). The van der Waals surface area contributed by atoms with Gasteiger partial charge in [-0.3, -0.25) is 0 Å². The van der Waals surface area contributed by atoms with Gasteiger partial charge in [0.1, 0.15) is 6.61 Å². The number of esters is 2. The summed E-state index contributed by atoms with van der Waals surface area (Å²) in [6, 6.07) is 13.0. The Hall–Kier alpha value is -4.04. The molecule has 0 saturated heterocycles. The number of benzene rings is 3. The van der Waals surface area contributed by atoms with Crippen LogP contribution in [-0.2, 0) is 9.47 Å². The maximum Gasteiger partial charge on any atom is 0.337 e. The lowest BCUT2D eigenvalue weighted by Gasteiger charge is -2.18. The van der Waals surface area contributed by atoms with Crippen LogP contribution in [0.2, 0.25) is 0 Å². The van der Waals surface area contributed by atoms with E-state index in [9.17, 15) is 9.59 Å². The first-order valence-corrected chi connectivity index (χ1v) is 12.0. The Morgan fingerprint density at radius 2 is 1.25 bits per heavy atom. The SMILES string of the molecule is CCN(CC)CCOc1c2[nH]c3ccc(C(=O)OC)cc3c2cc2c1[nH]c1ccc(C(=O)OC)cc12. The van der Waals surface area contributed by atoms with E-state index in [4.69, 9.17) is 14.2 Å². The second kappa shape index (κ2) is 9.54. The number of fused-ring (bicyclic) bond motifs is 6. The smallest absolute Gasteiger partial charge is 0.337 e. The Labute approximate surface area is 208 Å². The van der Waals surface area contributed by atoms with Crippen LogP contribution in [-0.4, -0.2) is 67.3 Å². The highest BCUT2D eigenvalue weighted by Gasteiger charge is 2.20. The molecule has 8 nitrogen and oxygen atoms in total. The van der Waals surface area contributed by atoms with Crippen LogP contribution in [0, 0.1) is 0 Å². The number of ether oxygens (including phenoxy) is 3. The van der Waals surface area contributed by atoms with Gasteiger partial charge in [-0.05, 0) is 55.6 Å². The van der Waals surface area contributed by atoms with Crippen molar-refractivity contribution in [3.8, 4) is 5.75 Å². The normalized spacial score (nSPS) is 11.7. The van der Waals surface area contributed by atoms with Crippen molar-refractivity contribution < 1.29 is 23.8 Å². The Morgan fingerprint density at radius 1 is 0.750 bits per heavy atom. The number of aromatic amines is 2. The topological polar surface area (TPSA) is 96.6 Å². The van der Waals surface area contributed by atoms with Crippen LogP contribution in [0.1, 0.15) is 34.6 Å². The van der Waals surface area contributed by atoms with Crippen molar-refractivity contribution in [2.24, 2.45) is 0 Å². The van der Waals surface area contributed by atoms with Crippen LogP contribution in [0.5, 0.6) is 5.75 Å². The van der Waals surface area contributed by atoms with Gasteiger partial charge in [0.2, 0.25) is 0 Å². The largest absolute Gasteiger partial charge is 0.488 e. The summed E-state index contributed by atoms with van der Waals surface area (Å²) in [5.41, 5.74) is 4.42. The fourth-order valence-corrected chi connectivity index (χ4v) is 4.80. The van der Waals surface area contributed by atoms with E-state index in [1.807, 2.05) is 24.3 Å². The molecule has 0 amide bonds. The van der Waals surface area contributed by atoms with Crippen LogP contribution in [0.3, 0.4) is 0 Å². The van der Waals surface area contributed by atoms with E-state index in [2.05, 4.69) is 34.8 Å². The third-order valence-electron chi connectivity index (χ3n) is 6.81. The van der Waals surface area contributed by atoms with Crippen molar-refractivity contribution in [3.63, 3.8) is 0 Å². The summed E-state index contributed by atoms with van der Waals surface area (Å²) in [5, 5.41) is 3.62. The van der Waals surface area contributed by atoms with Gasteiger partial charge in [-0.2, -0.15) is 0 Å². The molecule has 186 valence electrons. The lowest BCUT2D eigenvalue weighted by atomic mass is 10.0. The van der Waals surface area contributed by atoms with Crippen molar-refractivity contribution in [2.75, 3.05) is 40.5 Å². The van der Waals surface area contributed by atoms with E-state index in [1.54, 1.807) is 12.1 Å². The average Bonchev–Trinajstić information content (AvgIpc) is 3.47. The molecule has 36 heavy (non-hydrogen) atoms. The number of H-pyrrole nitrogens is 2. The van der Waals surface area contributed by atoms with Gasteiger partial charge in [0, 0.05) is 39.1 Å². The second-order valence-electron chi connectivity index (χ2n) is 8.68. The molecular formula is C28H29N3O5. The van der Waals surface area contributed by atoms with Crippen molar-refractivity contribution in [3.05, 3.63) is 53.6 Å². The number of nitrogens with one attached hydrogen (secondary N) is 2. The Morgan fingerprint density at radius 3 is 1.69 bits per heavy atom. The second-order valence-corrected chi connectivity index (χ2v) is 8.68. The van der Waals surface area contributed by atoms with E-state index in [0.29, 0.717) is 23.5 Å². The third-order valence-corrected chi connectivity index (χ3v) is 6.81. The zero-order chi connectivity index (χ0) is 25.4. The first-order valence-electron chi connectivity index (χ1n) is 12.0. The molecule has 3 aromatic carbocycles. The van der Waals surface area contributed by atoms with Crippen LogP contribution in [0.15, 0.2) is 42.5 Å². The molecule has 0 aliphatic rings. The summed E-state index contributed by atoms with van der Waals surface area (Å²) in [5.74, 6) is -0.0723. The highest BCUT2D eigenvalue weighted by atomic mass is 16.5. The molecule has 2 aromatic heterocycles. The maximum atomic E-state index is 12.2. The van der Waals surface area contributed by atoms with Crippen LogP contribution in [0.25, 0.3) is 43.6 Å². The van der Waals surface area contributed by atoms with E-state index in [1.165, 1.54) is 14.2 Å². The van der Waals surface area contributed by atoms with E-state index >= 15 is 0 Å². The summed E-state index contributed by atoms with van der Waals surface area (Å²) in [4.78, 5) is 33.7. The summed E-state index contributed by atoms with van der Waals surface area (Å²) in [7, 11) is 2.75. The number of rotatable bonds is 8. The Balaban J connectivity index is 1.76. The summed E-state index contributed by atoms with van der Waals surface area (Å²) < 4.78 is 16.3. The molecule has 0 saturated carbocycles. The van der Waals surface area contributed by atoms with Gasteiger partial charge in [-0.25, -0.2) is 9.59 Å². The van der Waals surface area contributed by atoms with Gasteiger partial charge in [-0.1, -0.05) is 13.8 Å².